The lowest BCUT2D eigenvalue weighted by molar-refractivity contribution is -0.129. The molecule has 1 heterocycles. The van der Waals surface area contributed by atoms with Crippen molar-refractivity contribution in [2.45, 2.75) is 0 Å². The topological polar surface area (TPSA) is 58.9 Å². The summed E-state index contributed by atoms with van der Waals surface area (Å²) in [6.45, 7) is 0. The van der Waals surface area contributed by atoms with Gasteiger partial charge in [-0.05, 0) is 0 Å². The van der Waals surface area contributed by atoms with Crippen LogP contribution >= 0.6 is 8.96 Å². The first kappa shape index (κ1) is 6.23. The van der Waals surface area contributed by atoms with Gasteiger partial charge in [0.2, 0.25) is 0 Å². The molecular formula is C4H4NO3P. The average molecular weight is 145 g/mol. The lowest BCUT2D eigenvalue weighted by Gasteiger charge is -2.00. The highest BCUT2D eigenvalue weighted by atomic mass is 31.1. The molecule has 1 aliphatic rings. The van der Waals surface area contributed by atoms with Gasteiger partial charge in [0, 0.05) is 6.08 Å². The van der Waals surface area contributed by atoms with Crippen LogP contribution in [0.5, 0.6) is 0 Å². The van der Waals surface area contributed by atoms with E-state index in [1.54, 1.807) is 0 Å². The Morgan fingerprint density at radius 3 is 3.00 bits per heavy atom. The molecule has 0 saturated heterocycles. The van der Waals surface area contributed by atoms with Crippen molar-refractivity contribution in [2.75, 3.05) is 0 Å². The Morgan fingerprint density at radius 2 is 2.67 bits per heavy atom. The summed E-state index contributed by atoms with van der Waals surface area (Å²) in [6, 6.07) is 0. The molecule has 5 heteroatoms. The minimum Gasteiger partial charge on any atom is -0.477 e. The Balaban J connectivity index is 2.69. The van der Waals surface area contributed by atoms with E-state index >= 15 is 0 Å². The van der Waals surface area contributed by atoms with Gasteiger partial charge in [-0.15, -0.1) is 0 Å². The summed E-state index contributed by atoms with van der Waals surface area (Å²) in [7, 11) is -0.105. The Morgan fingerprint density at radius 1 is 1.89 bits per heavy atom. The number of rotatable bonds is 1. The van der Waals surface area contributed by atoms with Crippen LogP contribution in [0.2, 0.25) is 0 Å². The van der Waals surface area contributed by atoms with Crippen molar-refractivity contribution in [1.29, 1.82) is 0 Å². The molecule has 0 aromatic carbocycles. The van der Waals surface area contributed by atoms with E-state index in [2.05, 4.69) is 9.29 Å². The van der Waals surface area contributed by atoms with E-state index < -0.39 is 5.97 Å². The molecule has 1 aliphatic heterocycles. The van der Waals surface area contributed by atoms with Gasteiger partial charge in [-0.3, -0.25) is 0 Å². The Bertz CT molecular complexity index is 186. The van der Waals surface area contributed by atoms with Gasteiger partial charge in [0.1, 0.15) is 0 Å². The van der Waals surface area contributed by atoms with E-state index in [0.29, 0.717) is 0 Å². The maximum atomic E-state index is 10.1. The zero-order valence-electron chi connectivity index (χ0n) is 4.37. The summed E-state index contributed by atoms with van der Waals surface area (Å²) in [4.78, 5) is 10.1. The molecule has 0 amide bonds. The highest BCUT2D eigenvalue weighted by Gasteiger charge is 2.06. The lowest BCUT2D eigenvalue weighted by atomic mass is 10.4. The number of aliphatic carboxylic acids is 1. The molecule has 0 aromatic rings. The van der Waals surface area contributed by atoms with Crippen molar-refractivity contribution >= 4 is 20.6 Å². The second kappa shape index (κ2) is 2.60. The van der Waals surface area contributed by atoms with Gasteiger partial charge in [-0.25, -0.2) is 9.56 Å². The molecule has 0 saturated carbocycles. The molecule has 0 radical (unpaired) electrons. The smallest absolute Gasteiger partial charge is 0.354 e. The van der Waals surface area contributed by atoms with Gasteiger partial charge >= 0.3 is 5.97 Å². The van der Waals surface area contributed by atoms with E-state index in [1.807, 2.05) is 0 Å². The maximum absolute atomic E-state index is 10.1. The third-order valence-corrected chi connectivity index (χ3v) is 1.31. The molecule has 1 rings (SSSR count). The fourth-order valence-electron chi connectivity index (χ4n) is 0.361. The van der Waals surface area contributed by atoms with Crippen LogP contribution in [0.25, 0.3) is 0 Å². The van der Waals surface area contributed by atoms with Crippen molar-refractivity contribution in [1.82, 2.24) is 0 Å². The number of carbonyl (C=O) groups is 1. The summed E-state index contributed by atoms with van der Waals surface area (Å²) in [5, 5.41) is 8.31. The predicted octanol–water partition coefficient (Wildman–Crippen LogP) is 0.564. The molecule has 0 fully saturated rings. The number of hydrogen-bond acceptors (Lipinski definition) is 3. The molecule has 0 aromatic heterocycles. The second-order valence-corrected chi connectivity index (χ2v) is 1.96. The lowest BCUT2D eigenvalue weighted by Crippen LogP contribution is -2.09. The number of carboxylic acid groups (broad SMARTS) is 1. The highest BCUT2D eigenvalue weighted by molar-refractivity contribution is 7.31. The van der Waals surface area contributed by atoms with Crippen LogP contribution in [0.15, 0.2) is 17.1 Å². The van der Waals surface area contributed by atoms with E-state index in [0.717, 1.165) is 0 Å². The van der Waals surface area contributed by atoms with E-state index in [4.69, 9.17) is 5.11 Å². The first-order valence-electron chi connectivity index (χ1n) is 2.19. The van der Waals surface area contributed by atoms with Crippen LogP contribution < -0.4 is 0 Å². The summed E-state index contributed by atoms with van der Waals surface area (Å²) in [6.07, 6.45) is 2.65. The minimum atomic E-state index is -1.01. The van der Waals surface area contributed by atoms with Crippen molar-refractivity contribution in [3.05, 3.63) is 12.3 Å². The van der Waals surface area contributed by atoms with Crippen LogP contribution in [-0.4, -0.2) is 16.8 Å². The predicted molar refractivity (Wildman–Crippen MR) is 33.6 cm³/mol. The van der Waals surface area contributed by atoms with Crippen molar-refractivity contribution in [3.63, 3.8) is 0 Å². The molecule has 0 aliphatic carbocycles. The molecule has 9 heavy (non-hydrogen) atoms. The summed E-state index contributed by atoms with van der Waals surface area (Å²) in [5.74, 6) is -1.01. The molecule has 1 N–H and O–H groups in total. The standard InChI is InChI=1S/C4H4NO3P/c6-4(7)3-1-2-8-9-5-3/h1-2,9H,(H,6,7). The molecule has 48 valence electrons. The number of nitrogens with zero attached hydrogens (tertiary/aromatic N) is 1. The number of hydrogen-bond donors (Lipinski definition) is 1. The number of carboxylic acids is 1. The fourth-order valence-corrected chi connectivity index (χ4v) is 0.811. The Hall–Kier alpha value is -0.890. The molecule has 0 bridgehead atoms. The van der Waals surface area contributed by atoms with Gasteiger partial charge < -0.3 is 9.63 Å². The SMILES string of the molecule is O=C(O)C1=NPOC=C1. The summed E-state index contributed by atoms with van der Waals surface area (Å²) >= 11 is 0. The molecule has 0 spiro atoms. The summed E-state index contributed by atoms with van der Waals surface area (Å²) < 4.78 is 8.21. The van der Waals surface area contributed by atoms with Gasteiger partial charge in [-0.1, -0.05) is 0 Å². The van der Waals surface area contributed by atoms with Crippen molar-refractivity contribution in [3.8, 4) is 0 Å². The zero-order valence-corrected chi connectivity index (χ0v) is 5.37. The van der Waals surface area contributed by atoms with Crippen LogP contribution in [0, 0.1) is 0 Å². The second-order valence-electron chi connectivity index (χ2n) is 1.31. The average Bonchev–Trinajstić information content (AvgIpc) is 1.90. The largest absolute Gasteiger partial charge is 0.477 e. The first-order chi connectivity index (χ1) is 4.30. The fraction of sp³-hybridized carbons (Fsp3) is 0. The Kier molecular flexibility index (Phi) is 1.80. The third kappa shape index (κ3) is 1.50. The quantitative estimate of drug-likeness (QED) is 0.548. The minimum absolute atomic E-state index is 0.0552. The first-order valence-corrected chi connectivity index (χ1v) is 3.04. The van der Waals surface area contributed by atoms with Gasteiger partial charge in [0.05, 0.1) is 6.26 Å². The molecule has 1 atom stereocenters. The van der Waals surface area contributed by atoms with Gasteiger partial charge in [0.25, 0.3) is 0 Å². The van der Waals surface area contributed by atoms with E-state index in [-0.39, 0.29) is 14.7 Å². The molecule has 1 unspecified atom stereocenters. The van der Waals surface area contributed by atoms with Crippen LogP contribution in [0.3, 0.4) is 0 Å². The van der Waals surface area contributed by atoms with Gasteiger partial charge in [-0.2, -0.15) is 0 Å². The zero-order chi connectivity index (χ0) is 6.69. The van der Waals surface area contributed by atoms with Crippen molar-refractivity contribution < 1.29 is 14.4 Å². The molecule has 4 nitrogen and oxygen atoms in total. The van der Waals surface area contributed by atoms with E-state index in [9.17, 15) is 4.79 Å². The van der Waals surface area contributed by atoms with Crippen LogP contribution in [-0.2, 0) is 9.32 Å². The normalized spacial score (nSPS) is 18.9. The monoisotopic (exact) mass is 145 g/mol. The van der Waals surface area contributed by atoms with Crippen LogP contribution in [0.1, 0.15) is 0 Å². The maximum Gasteiger partial charge on any atom is 0.354 e. The summed E-state index contributed by atoms with van der Waals surface area (Å²) in [5.41, 5.74) is 0.0552. The highest BCUT2D eigenvalue weighted by Crippen LogP contribution is 2.18. The van der Waals surface area contributed by atoms with Crippen molar-refractivity contribution in [2.24, 2.45) is 4.76 Å². The van der Waals surface area contributed by atoms with Gasteiger partial charge in [0.15, 0.2) is 14.7 Å². The Labute approximate surface area is 53.2 Å². The van der Waals surface area contributed by atoms with E-state index in [1.165, 1.54) is 12.3 Å². The van der Waals surface area contributed by atoms with Crippen LogP contribution in [0.4, 0.5) is 0 Å². The third-order valence-electron chi connectivity index (χ3n) is 0.732. The molecular weight excluding hydrogens is 141 g/mol.